The van der Waals surface area contributed by atoms with Crippen molar-refractivity contribution in [2.45, 2.75) is 12.8 Å². The molecule has 0 unspecified atom stereocenters. The van der Waals surface area contributed by atoms with Crippen LogP contribution in [0.2, 0.25) is 0 Å². The average Bonchev–Trinajstić information content (AvgIpc) is 2.51. The van der Waals surface area contributed by atoms with Crippen LogP contribution in [0.5, 0.6) is 0 Å². The molecule has 2 nitrogen and oxygen atoms in total. The van der Waals surface area contributed by atoms with Crippen molar-refractivity contribution in [3.05, 3.63) is 95.5 Å². The summed E-state index contributed by atoms with van der Waals surface area (Å²) in [6, 6.07) is 20.6. The molecular formula is C18H16O2. The molecule has 0 N–H and O–H groups in total. The van der Waals surface area contributed by atoms with Gasteiger partial charge in [0.05, 0.1) is 0 Å². The molecule has 2 heteroatoms. The van der Waals surface area contributed by atoms with E-state index in [1.165, 1.54) is 11.1 Å². The maximum absolute atomic E-state index is 5.36. The van der Waals surface area contributed by atoms with E-state index < -0.39 is 0 Å². The lowest BCUT2D eigenvalue weighted by Gasteiger charge is -2.16. The highest BCUT2D eigenvalue weighted by atomic mass is 17.2. The van der Waals surface area contributed by atoms with Crippen molar-refractivity contribution in [2.24, 2.45) is 0 Å². The molecule has 0 fully saturated rings. The van der Waals surface area contributed by atoms with E-state index in [1.54, 1.807) is 6.26 Å². The van der Waals surface area contributed by atoms with Gasteiger partial charge in [-0.25, -0.2) is 0 Å². The first-order valence-corrected chi connectivity index (χ1v) is 6.71. The summed E-state index contributed by atoms with van der Waals surface area (Å²) in [5.41, 5.74) is 3.64. The number of allylic oxidation sites excluding steroid dienone is 3. The molecular weight excluding hydrogens is 248 g/mol. The third kappa shape index (κ3) is 3.09. The largest absolute Gasteiger partial charge is 0.298 e. The number of rotatable bonds is 4. The van der Waals surface area contributed by atoms with Crippen molar-refractivity contribution >= 4 is 0 Å². The lowest BCUT2D eigenvalue weighted by Crippen LogP contribution is -2.05. The molecule has 0 bridgehead atoms. The van der Waals surface area contributed by atoms with Gasteiger partial charge in [-0.05, 0) is 17.2 Å². The maximum atomic E-state index is 5.36. The molecule has 0 radical (unpaired) electrons. The van der Waals surface area contributed by atoms with E-state index in [1.807, 2.05) is 30.3 Å². The van der Waals surface area contributed by atoms with Gasteiger partial charge in [0, 0.05) is 18.4 Å². The molecule has 1 aliphatic rings. The standard InChI is InChI=1S/C18H16O2/c1-3-7-15(8-4-1)13-17-11-12-19-20-18(17)14-16-9-5-2-6-10-16/h1-12H,13-14H2. The van der Waals surface area contributed by atoms with Crippen molar-refractivity contribution in [2.75, 3.05) is 0 Å². The van der Waals surface area contributed by atoms with Gasteiger partial charge in [0.2, 0.25) is 0 Å². The Kier molecular flexibility index (Phi) is 3.83. The molecule has 100 valence electrons. The van der Waals surface area contributed by atoms with Crippen molar-refractivity contribution in [3.8, 4) is 0 Å². The lowest BCUT2D eigenvalue weighted by molar-refractivity contribution is -0.217. The van der Waals surface area contributed by atoms with Gasteiger partial charge in [-0.3, -0.25) is 9.78 Å². The zero-order chi connectivity index (χ0) is 13.6. The molecule has 0 saturated heterocycles. The summed E-state index contributed by atoms with van der Waals surface area (Å²) >= 11 is 0. The van der Waals surface area contributed by atoms with Gasteiger partial charge in [0.1, 0.15) is 6.26 Å². The molecule has 20 heavy (non-hydrogen) atoms. The first-order valence-electron chi connectivity index (χ1n) is 6.71. The molecule has 2 aromatic rings. The fourth-order valence-electron chi connectivity index (χ4n) is 2.24. The van der Waals surface area contributed by atoms with E-state index in [9.17, 15) is 0 Å². The molecule has 0 aliphatic carbocycles. The van der Waals surface area contributed by atoms with Gasteiger partial charge >= 0.3 is 0 Å². The predicted molar refractivity (Wildman–Crippen MR) is 78.6 cm³/mol. The second-order valence-corrected chi connectivity index (χ2v) is 4.76. The molecule has 3 rings (SSSR count). The second kappa shape index (κ2) is 6.11. The summed E-state index contributed by atoms with van der Waals surface area (Å²) in [5.74, 6) is 0.877. The van der Waals surface area contributed by atoms with Crippen LogP contribution in [0.1, 0.15) is 11.1 Å². The minimum absolute atomic E-state index is 0.743. The van der Waals surface area contributed by atoms with E-state index >= 15 is 0 Å². The van der Waals surface area contributed by atoms with Crippen LogP contribution in [-0.2, 0) is 22.6 Å². The fraction of sp³-hybridized carbons (Fsp3) is 0.111. The van der Waals surface area contributed by atoms with E-state index in [-0.39, 0.29) is 0 Å². The Morgan fingerprint density at radius 1 is 0.700 bits per heavy atom. The van der Waals surface area contributed by atoms with E-state index in [2.05, 4.69) is 36.4 Å². The Balaban J connectivity index is 1.82. The first-order chi connectivity index (χ1) is 9.92. The lowest BCUT2D eigenvalue weighted by atomic mass is 10.0. The third-order valence-corrected chi connectivity index (χ3v) is 3.28. The Labute approximate surface area is 118 Å². The topological polar surface area (TPSA) is 18.5 Å². The molecule has 1 aliphatic heterocycles. The number of hydrogen-bond donors (Lipinski definition) is 0. The molecule has 0 atom stereocenters. The summed E-state index contributed by atoms with van der Waals surface area (Å²) in [5, 5.41) is 0. The summed E-state index contributed by atoms with van der Waals surface area (Å²) < 4.78 is 0. The summed E-state index contributed by atoms with van der Waals surface area (Å²) in [4.78, 5) is 10.3. The zero-order valence-corrected chi connectivity index (χ0v) is 11.2. The van der Waals surface area contributed by atoms with Crippen LogP contribution in [0.25, 0.3) is 0 Å². The van der Waals surface area contributed by atoms with Crippen LogP contribution in [0, 0.1) is 0 Å². The van der Waals surface area contributed by atoms with Gasteiger partial charge < -0.3 is 0 Å². The highest BCUT2D eigenvalue weighted by Gasteiger charge is 2.13. The highest BCUT2D eigenvalue weighted by Crippen LogP contribution is 2.22. The van der Waals surface area contributed by atoms with Gasteiger partial charge in [0.25, 0.3) is 0 Å². The molecule has 0 saturated carbocycles. The van der Waals surface area contributed by atoms with Crippen LogP contribution in [0.15, 0.2) is 84.3 Å². The zero-order valence-electron chi connectivity index (χ0n) is 11.2. The maximum Gasteiger partial charge on any atom is 0.163 e. The van der Waals surface area contributed by atoms with Crippen LogP contribution < -0.4 is 0 Å². The van der Waals surface area contributed by atoms with Crippen molar-refractivity contribution < 1.29 is 9.78 Å². The molecule has 0 amide bonds. The Hall–Kier alpha value is -2.48. The first kappa shape index (κ1) is 12.5. The Morgan fingerprint density at radius 3 is 1.95 bits per heavy atom. The molecule has 1 heterocycles. The normalized spacial score (nSPS) is 13.8. The fourth-order valence-corrected chi connectivity index (χ4v) is 2.24. The summed E-state index contributed by atoms with van der Waals surface area (Å²) in [7, 11) is 0. The molecule has 0 aromatic heterocycles. The van der Waals surface area contributed by atoms with Gasteiger partial charge in [-0.15, -0.1) is 0 Å². The minimum Gasteiger partial charge on any atom is -0.298 e. The molecule has 2 aromatic carbocycles. The number of benzene rings is 2. The van der Waals surface area contributed by atoms with Crippen LogP contribution in [-0.4, -0.2) is 0 Å². The third-order valence-electron chi connectivity index (χ3n) is 3.28. The van der Waals surface area contributed by atoms with Crippen LogP contribution in [0.3, 0.4) is 0 Å². The number of hydrogen-bond acceptors (Lipinski definition) is 2. The van der Waals surface area contributed by atoms with Crippen molar-refractivity contribution in [3.63, 3.8) is 0 Å². The highest BCUT2D eigenvalue weighted by molar-refractivity contribution is 5.33. The Morgan fingerprint density at radius 2 is 1.30 bits per heavy atom. The van der Waals surface area contributed by atoms with E-state index in [0.29, 0.717) is 0 Å². The second-order valence-electron chi connectivity index (χ2n) is 4.76. The van der Waals surface area contributed by atoms with Gasteiger partial charge in [-0.2, -0.15) is 0 Å². The molecule has 0 spiro atoms. The predicted octanol–water partition coefficient (Wildman–Crippen LogP) is 4.20. The van der Waals surface area contributed by atoms with Gasteiger partial charge in [0.15, 0.2) is 5.76 Å². The van der Waals surface area contributed by atoms with Gasteiger partial charge in [-0.1, -0.05) is 60.7 Å². The quantitative estimate of drug-likeness (QED) is 0.770. The van der Waals surface area contributed by atoms with Crippen molar-refractivity contribution in [1.82, 2.24) is 0 Å². The van der Waals surface area contributed by atoms with Crippen LogP contribution in [0.4, 0.5) is 0 Å². The van der Waals surface area contributed by atoms with E-state index in [4.69, 9.17) is 9.78 Å². The Bertz CT molecular complexity index is 612. The minimum atomic E-state index is 0.743. The van der Waals surface area contributed by atoms with Crippen LogP contribution >= 0.6 is 0 Å². The summed E-state index contributed by atoms with van der Waals surface area (Å²) in [6.45, 7) is 0. The monoisotopic (exact) mass is 264 g/mol. The van der Waals surface area contributed by atoms with E-state index in [0.717, 1.165) is 24.2 Å². The smallest absolute Gasteiger partial charge is 0.163 e. The average molecular weight is 264 g/mol. The SMILES string of the molecule is C1=CC(Cc2ccccc2)=C(Cc2ccccc2)OO1. The summed E-state index contributed by atoms with van der Waals surface area (Å²) in [6.07, 6.45) is 5.16. The van der Waals surface area contributed by atoms with Crippen molar-refractivity contribution in [1.29, 1.82) is 0 Å².